The summed E-state index contributed by atoms with van der Waals surface area (Å²) in [6.45, 7) is 6.17. The van der Waals surface area contributed by atoms with Crippen molar-refractivity contribution < 1.29 is 23.8 Å². The number of amides is 1. The Balaban J connectivity index is 2.14. The van der Waals surface area contributed by atoms with E-state index in [0.29, 0.717) is 46.7 Å². The van der Waals surface area contributed by atoms with E-state index < -0.39 is 12.0 Å². The summed E-state index contributed by atoms with van der Waals surface area (Å²) in [7, 11) is 1.56. The molecule has 2 heterocycles. The Bertz CT molecular complexity index is 849. The minimum atomic E-state index is -0.614. The van der Waals surface area contributed by atoms with Gasteiger partial charge < -0.3 is 14.2 Å². The predicted molar refractivity (Wildman–Crippen MR) is 108 cm³/mol. The number of allylic oxidation sites excluding steroid dienone is 1. The number of amidine groups is 1. The third kappa shape index (κ3) is 3.73. The number of fused-ring (bicyclic) bond motifs is 1. The van der Waals surface area contributed by atoms with Gasteiger partial charge >= 0.3 is 5.97 Å². The van der Waals surface area contributed by atoms with Gasteiger partial charge in [-0.2, -0.15) is 0 Å². The van der Waals surface area contributed by atoms with E-state index >= 15 is 0 Å². The first-order valence-electron chi connectivity index (χ1n) is 9.23. The van der Waals surface area contributed by atoms with E-state index in [1.54, 1.807) is 38.0 Å². The van der Waals surface area contributed by atoms with Crippen molar-refractivity contribution in [2.24, 2.45) is 4.99 Å². The summed E-state index contributed by atoms with van der Waals surface area (Å²) in [4.78, 5) is 31.6. The van der Waals surface area contributed by atoms with Crippen LogP contribution in [0.15, 0.2) is 34.5 Å². The highest BCUT2D eigenvalue weighted by molar-refractivity contribution is 8.14. The van der Waals surface area contributed by atoms with Gasteiger partial charge in [-0.15, -0.1) is 0 Å². The summed E-state index contributed by atoms with van der Waals surface area (Å²) in [5.74, 6) is 1.29. The Morgan fingerprint density at radius 1 is 1.29 bits per heavy atom. The smallest absolute Gasteiger partial charge is 0.338 e. The maximum absolute atomic E-state index is 12.8. The number of ether oxygens (including phenoxy) is 3. The van der Waals surface area contributed by atoms with Crippen LogP contribution in [-0.4, -0.2) is 48.0 Å². The molecule has 28 heavy (non-hydrogen) atoms. The molecule has 0 N–H and O–H groups in total. The van der Waals surface area contributed by atoms with Gasteiger partial charge in [-0.25, -0.2) is 9.79 Å². The lowest BCUT2D eigenvalue weighted by molar-refractivity contribution is -0.139. The van der Waals surface area contributed by atoms with E-state index in [4.69, 9.17) is 14.2 Å². The lowest BCUT2D eigenvalue weighted by Gasteiger charge is -2.39. The zero-order valence-corrected chi connectivity index (χ0v) is 17.3. The second kappa shape index (κ2) is 8.68. The van der Waals surface area contributed by atoms with Crippen molar-refractivity contribution in [1.82, 2.24) is 4.90 Å². The lowest BCUT2D eigenvalue weighted by atomic mass is 9.94. The SMILES string of the molecule is CCOC(=O)C1=C(C)N=C2SCCC(=O)N2[C@H]1c1ccc(OCC)c(OC)c1. The van der Waals surface area contributed by atoms with Crippen LogP contribution in [0.4, 0.5) is 0 Å². The summed E-state index contributed by atoms with van der Waals surface area (Å²) in [5.41, 5.74) is 1.67. The van der Waals surface area contributed by atoms with Crippen LogP contribution in [0.25, 0.3) is 0 Å². The van der Waals surface area contributed by atoms with Crippen LogP contribution in [0.2, 0.25) is 0 Å². The molecule has 150 valence electrons. The molecular weight excluding hydrogens is 380 g/mol. The highest BCUT2D eigenvalue weighted by atomic mass is 32.2. The number of aliphatic imine (C=N–C) groups is 1. The molecule has 0 saturated carbocycles. The van der Waals surface area contributed by atoms with Gasteiger partial charge in [0.05, 0.1) is 37.6 Å². The van der Waals surface area contributed by atoms with E-state index in [1.165, 1.54) is 11.8 Å². The molecule has 7 nitrogen and oxygen atoms in total. The van der Waals surface area contributed by atoms with Crippen molar-refractivity contribution in [3.63, 3.8) is 0 Å². The third-order valence-corrected chi connectivity index (χ3v) is 5.46. The average molecular weight is 404 g/mol. The Labute approximate surface area is 168 Å². The molecule has 0 radical (unpaired) electrons. The number of methoxy groups -OCH3 is 1. The van der Waals surface area contributed by atoms with Gasteiger partial charge in [-0.05, 0) is 38.5 Å². The highest BCUT2D eigenvalue weighted by Crippen LogP contribution is 2.42. The van der Waals surface area contributed by atoms with E-state index in [-0.39, 0.29) is 12.5 Å². The van der Waals surface area contributed by atoms with Crippen molar-refractivity contribution in [2.45, 2.75) is 33.2 Å². The van der Waals surface area contributed by atoms with Crippen LogP contribution < -0.4 is 9.47 Å². The monoisotopic (exact) mass is 404 g/mol. The maximum Gasteiger partial charge on any atom is 0.338 e. The zero-order chi connectivity index (χ0) is 20.3. The summed E-state index contributed by atoms with van der Waals surface area (Å²) >= 11 is 1.51. The molecule has 8 heteroatoms. The Morgan fingerprint density at radius 3 is 2.75 bits per heavy atom. The number of thioether (sulfide) groups is 1. The van der Waals surface area contributed by atoms with Gasteiger partial charge in [-0.1, -0.05) is 17.8 Å². The van der Waals surface area contributed by atoms with E-state index in [2.05, 4.69) is 4.99 Å². The molecule has 0 spiro atoms. The van der Waals surface area contributed by atoms with E-state index in [0.717, 1.165) is 5.56 Å². The minimum absolute atomic E-state index is 0.0651. The van der Waals surface area contributed by atoms with Gasteiger partial charge in [0, 0.05) is 12.2 Å². The second-order valence-corrected chi connectivity index (χ2v) is 7.28. The molecule has 0 aliphatic carbocycles. The number of nitrogens with zero attached hydrogens (tertiary/aromatic N) is 2. The quantitative estimate of drug-likeness (QED) is 0.677. The molecule has 0 bridgehead atoms. The first-order valence-corrected chi connectivity index (χ1v) is 10.2. The van der Waals surface area contributed by atoms with Crippen molar-refractivity contribution >= 4 is 28.8 Å². The number of esters is 1. The summed E-state index contributed by atoms with van der Waals surface area (Å²) in [6.07, 6.45) is 0.392. The Morgan fingerprint density at radius 2 is 2.07 bits per heavy atom. The molecule has 1 aromatic carbocycles. The van der Waals surface area contributed by atoms with Gasteiger partial charge in [-0.3, -0.25) is 9.69 Å². The second-order valence-electron chi connectivity index (χ2n) is 6.22. The van der Waals surface area contributed by atoms with Crippen LogP contribution in [0, 0.1) is 0 Å². The zero-order valence-electron chi connectivity index (χ0n) is 16.5. The van der Waals surface area contributed by atoms with Gasteiger partial charge in [0.1, 0.15) is 0 Å². The number of carbonyl (C=O) groups is 2. The van der Waals surface area contributed by atoms with Crippen LogP contribution in [0.3, 0.4) is 0 Å². The average Bonchev–Trinajstić information content (AvgIpc) is 2.67. The molecule has 3 rings (SSSR count). The van der Waals surface area contributed by atoms with Gasteiger partial charge in [0.15, 0.2) is 16.7 Å². The largest absolute Gasteiger partial charge is 0.493 e. The van der Waals surface area contributed by atoms with Crippen molar-refractivity contribution in [1.29, 1.82) is 0 Å². The summed E-state index contributed by atoms with van der Waals surface area (Å²) in [5, 5.41) is 0.611. The molecule has 1 saturated heterocycles. The fourth-order valence-electron chi connectivity index (χ4n) is 3.31. The summed E-state index contributed by atoms with van der Waals surface area (Å²) in [6, 6.07) is 4.83. The first-order chi connectivity index (χ1) is 13.5. The Hall–Kier alpha value is -2.48. The fourth-order valence-corrected chi connectivity index (χ4v) is 4.32. The van der Waals surface area contributed by atoms with E-state index in [1.807, 2.05) is 13.0 Å². The molecule has 1 atom stereocenters. The molecule has 0 aromatic heterocycles. The van der Waals surface area contributed by atoms with Crippen molar-refractivity contribution in [3.8, 4) is 11.5 Å². The van der Waals surface area contributed by atoms with Crippen molar-refractivity contribution in [3.05, 3.63) is 35.0 Å². The molecule has 0 unspecified atom stereocenters. The number of hydrogen-bond acceptors (Lipinski definition) is 7. The normalized spacial score (nSPS) is 19.1. The van der Waals surface area contributed by atoms with Crippen LogP contribution in [-0.2, 0) is 14.3 Å². The predicted octanol–water partition coefficient (Wildman–Crippen LogP) is 3.31. The summed E-state index contributed by atoms with van der Waals surface area (Å²) < 4.78 is 16.3. The number of rotatable bonds is 6. The van der Waals surface area contributed by atoms with E-state index in [9.17, 15) is 9.59 Å². The minimum Gasteiger partial charge on any atom is -0.493 e. The maximum atomic E-state index is 12.8. The lowest BCUT2D eigenvalue weighted by Crippen LogP contribution is -2.45. The van der Waals surface area contributed by atoms with Crippen molar-refractivity contribution in [2.75, 3.05) is 26.1 Å². The van der Waals surface area contributed by atoms with Gasteiger partial charge in [0.25, 0.3) is 0 Å². The molecule has 1 aromatic rings. The molecular formula is C20H24N2O5S. The molecule has 1 fully saturated rings. The van der Waals surface area contributed by atoms with Crippen LogP contribution in [0.5, 0.6) is 11.5 Å². The number of benzene rings is 1. The van der Waals surface area contributed by atoms with Crippen LogP contribution in [0.1, 0.15) is 38.8 Å². The standard InChI is InChI=1S/C20H24N2O5S/c1-5-26-14-8-7-13(11-15(14)25-4)18-17(19(24)27-6-2)12(3)21-20-22(18)16(23)9-10-28-20/h7-8,11,18H,5-6,9-10H2,1-4H3/t18-/m0/s1. The fraction of sp³-hybridized carbons (Fsp3) is 0.450. The number of carbonyl (C=O) groups excluding carboxylic acids is 2. The first kappa shape index (κ1) is 20.3. The molecule has 2 aliphatic rings. The van der Waals surface area contributed by atoms with Gasteiger partial charge in [0.2, 0.25) is 5.91 Å². The Kier molecular flexibility index (Phi) is 6.28. The highest BCUT2D eigenvalue weighted by Gasteiger charge is 2.41. The molecule has 1 amide bonds. The topological polar surface area (TPSA) is 77.4 Å². The molecule has 2 aliphatic heterocycles. The third-order valence-electron chi connectivity index (χ3n) is 4.51. The number of hydrogen-bond donors (Lipinski definition) is 0. The van der Waals surface area contributed by atoms with Crippen LogP contribution >= 0.6 is 11.8 Å².